The summed E-state index contributed by atoms with van der Waals surface area (Å²) in [6.45, 7) is 11.1. The fourth-order valence-corrected chi connectivity index (χ4v) is 2.92. The summed E-state index contributed by atoms with van der Waals surface area (Å²) in [7, 11) is 0. The van der Waals surface area contributed by atoms with Gasteiger partial charge in [-0.15, -0.1) is 0 Å². The fraction of sp³-hybridized carbons (Fsp3) is 0.789. The normalized spacial score (nSPS) is 17.2. The zero-order valence-corrected chi connectivity index (χ0v) is 16.3. The van der Waals surface area contributed by atoms with Gasteiger partial charge in [0.15, 0.2) is 5.96 Å². The highest BCUT2D eigenvalue weighted by Gasteiger charge is 2.13. The van der Waals surface area contributed by atoms with Gasteiger partial charge in [0.2, 0.25) is 0 Å². The number of nitrogens with zero attached hydrogens (tertiary/aromatic N) is 3. The number of hydrogen-bond acceptors (Lipinski definition) is 4. The van der Waals surface area contributed by atoms with E-state index in [0.717, 1.165) is 77.8 Å². The number of nitrogens with one attached hydrogen (secondary N) is 2. The summed E-state index contributed by atoms with van der Waals surface area (Å²) in [5.74, 6) is 1.99. The van der Waals surface area contributed by atoms with E-state index in [1.165, 1.54) is 0 Å². The van der Waals surface area contributed by atoms with Gasteiger partial charge in [0.25, 0.3) is 0 Å². The zero-order chi connectivity index (χ0) is 18.5. The highest BCUT2D eigenvalue weighted by molar-refractivity contribution is 5.79. The monoisotopic (exact) mass is 365 g/mol. The van der Waals surface area contributed by atoms with E-state index >= 15 is 0 Å². The quantitative estimate of drug-likeness (QED) is 0.356. The molecule has 0 bridgehead atoms. The summed E-state index contributed by atoms with van der Waals surface area (Å²) in [6.07, 6.45) is 7.05. The van der Waals surface area contributed by atoms with Gasteiger partial charge in [-0.05, 0) is 44.1 Å². The van der Waals surface area contributed by atoms with Crippen molar-refractivity contribution in [2.24, 2.45) is 16.8 Å². The van der Waals surface area contributed by atoms with Crippen molar-refractivity contribution in [3.8, 4) is 0 Å². The Labute approximate surface area is 157 Å². The van der Waals surface area contributed by atoms with Gasteiger partial charge < -0.3 is 20.1 Å². The van der Waals surface area contributed by atoms with Crippen LogP contribution in [0.4, 0.5) is 0 Å². The lowest BCUT2D eigenvalue weighted by Gasteiger charge is -2.21. The molecule has 0 amide bonds. The van der Waals surface area contributed by atoms with Crippen molar-refractivity contribution in [2.75, 3.05) is 46.1 Å². The second-order valence-electron chi connectivity index (χ2n) is 6.96. The minimum Gasteiger partial charge on any atom is -0.381 e. The number of aliphatic imine (C=N–C) groups is 1. The maximum absolute atomic E-state index is 5.81. The van der Waals surface area contributed by atoms with Crippen molar-refractivity contribution < 1.29 is 9.47 Å². The minimum absolute atomic E-state index is 0.438. The number of ether oxygens (including phenoxy) is 2. The molecule has 1 aliphatic heterocycles. The molecule has 2 rings (SSSR count). The molecule has 2 N–H and O–H groups in total. The van der Waals surface area contributed by atoms with Gasteiger partial charge >= 0.3 is 0 Å². The Kier molecular flexibility index (Phi) is 10.1. The molecule has 0 aliphatic carbocycles. The van der Waals surface area contributed by atoms with Crippen molar-refractivity contribution in [3.05, 3.63) is 18.5 Å². The number of guanidine groups is 1. The standard InChI is InChI=1S/C19H35N5O2/c1-3-20-19(22-14-17(2)15-24-10-4-9-23-24)21-8-5-11-26-16-18-6-12-25-13-7-18/h4,9-10,17-18H,3,5-8,11-16H2,1-2H3,(H2,20,21,22). The van der Waals surface area contributed by atoms with E-state index in [9.17, 15) is 0 Å². The van der Waals surface area contributed by atoms with Crippen LogP contribution in [0, 0.1) is 11.8 Å². The molecule has 148 valence electrons. The third kappa shape index (κ3) is 8.67. The SMILES string of the molecule is CCNC(=NCC(C)Cn1cccn1)NCCCOCC1CCOCC1. The molecule has 26 heavy (non-hydrogen) atoms. The predicted molar refractivity (Wildman–Crippen MR) is 104 cm³/mol. The van der Waals surface area contributed by atoms with Crippen LogP contribution in [0.15, 0.2) is 23.5 Å². The topological polar surface area (TPSA) is 72.7 Å². The molecule has 1 aliphatic rings. The van der Waals surface area contributed by atoms with Crippen LogP contribution in [0.1, 0.15) is 33.1 Å². The summed E-state index contributed by atoms with van der Waals surface area (Å²) < 4.78 is 13.1. The number of hydrogen-bond donors (Lipinski definition) is 2. The van der Waals surface area contributed by atoms with Gasteiger partial charge in [-0.2, -0.15) is 5.10 Å². The van der Waals surface area contributed by atoms with Crippen molar-refractivity contribution in [1.29, 1.82) is 0 Å². The summed E-state index contributed by atoms with van der Waals surface area (Å²) in [5.41, 5.74) is 0. The first-order valence-corrected chi connectivity index (χ1v) is 9.93. The van der Waals surface area contributed by atoms with Crippen LogP contribution in [0.25, 0.3) is 0 Å². The minimum atomic E-state index is 0.438. The number of aromatic nitrogens is 2. The molecule has 1 fully saturated rings. The van der Waals surface area contributed by atoms with Gasteiger partial charge in [-0.3, -0.25) is 9.67 Å². The molecule has 1 unspecified atom stereocenters. The van der Waals surface area contributed by atoms with E-state index in [1.54, 1.807) is 0 Å². The average molecular weight is 366 g/mol. The van der Waals surface area contributed by atoms with Crippen molar-refractivity contribution in [2.45, 2.75) is 39.7 Å². The van der Waals surface area contributed by atoms with Gasteiger partial charge in [0, 0.05) is 65.0 Å². The van der Waals surface area contributed by atoms with Crippen LogP contribution in [0.5, 0.6) is 0 Å². The largest absolute Gasteiger partial charge is 0.381 e. The fourth-order valence-electron chi connectivity index (χ4n) is 2.92. The van der Waals surface area contributed by atoms with E-state index in [0.29, 0.717) is 11.8 Å². The van der Waals surface area contributed by atoms with Crippen LogP contribution < -0.4 is 10.6 Å². The van der Waals surface area contributed by atoms with Gasteiger partial charge in [0.1, 0.15) is 0 Å². The maximum Gasteiger partial charge on any atom is 0.191 e. The molecule has 0 spiro atoms. The van der Waals surface area contributed by atoms with E-state index < -0.39 is 0 Å². The number of rotatable bonds is 11. The summed E-state index contributed by atoms with van der Waals surface area (Å²) in [6, 6.07) is 1.95. The first-order chi connectivity index (χ1) is 12.8. The molecule has 1 atom stereocenters. The average Bonchev–Trinajstić information content (AvgIpc) is 3.16. The van der Waals surface area contributed by atoms with Gasteiger partial charge in [-0.25, -0.2) is 0 Å². The highest BCUT2D eigenvalue weighted by atomic mass is 16.5. The highest BCUT2D eigenvalue weighted by Crippen LogP contribution is 2.14. The Balaban J connectivity index is 1.57. The molecule has 0 aromatic carbocycles. The summed E-state index contributed by atoms with van der Waals surface area (Å²) in [4.78, 5) is 4.68. The van der Waals surface area contributed by atoms with E-state index in [-0.39, 0.29) is 0 Å². The Morgan fingerprint density at radius 2 is 2.23 bits per heavy atom. The van der Waals surface area contributed by atoms with Crippen molar-refractivity contribution >= 4 is 5.96 Å². The molecular weight excluding hydrogens is 330 g/mol. The Hall–Kier alpha value is -1.60. The second kappa shape index (κ2) is 12.7. The van der Waals surface area contributed by atoms with Crippen LogP contribution >= 0.6 is 0 Å². The summed E-state index contributed by atoms with van der Waals surface area (Å²) in [5, 5.41) is 10.9. The molecule has 1 aromatic rings. The van der Waals surface area contributed by atoms with Crippen LogP contribution in [0.3, 0.4) is 0 Å². The van der Waals surface area contributed by atoms with Crippen molar-refractivity contribution in [3.63, 3.8) is 0 Å². The van der Waals surface area contributed by atoms with Crippen LogP contribution in [-0.2, 0) is 16.0 Å². The van der Waals surface area contributed by atoms with Crippen molar-refractivity contribution in [1.82, 2.24) is 20.4 Å². The lowest BCUT2D eigenvalue weighted by molar-refractivity contribution is 0.0203. The lowest BCUT2D eigenvalue weighted by Crippen LogP contribution is -2.38. The first-order valence-electron chi connectivity index (χ1n) is 9.93. The van der Waals surface area contributed by atoms with E-state index in [4.69, 9.17) is 9.47 Å². The molecule has 7 heteroatoms. The third-order valence-electron chi connectivity index (χ3n) is 4.42. The molecule has 0 saturated carbocycles. The zero-order valence-electron chi connectivity index (χ0n) is 16.3. The maximum atomic E-state index is 5.81. The third-order valence-corrected chi connectivity index (χ3v) is 4.42. The lowest BCUT2D eigenvalue weighted by atomic mass is 10.0. The molecular formula is C19H35N5O2. The van der Waals surface area contributed by atoms with Crippen LogP contribution in [-0.4, -0.2) is 61.8 Å². The van der Waals surface area contributed by atoms with E-state index in [1.807, 2.05) is 23.1 Å². The molecule has 0 radical (unpaired) electrons. The first kappa shape index (κ1) is 20.7. The van der Waals surface area contributed by atoms with Gasteiger partial charge in [-0.1, -0.05) is 6.92 Å². The van der Waals surface area contributed by atoms with E-state index in [2.05, 4.69) is 34.6 Å². The Morgan fingerprint density at radius 1 is 1.38 bits per heavy atom. The van der Waals surface area contributed by atoms with Gasteiger partial charge in [0.05, 0.1) is 0 Å². The molecule has 1 saturated heterocycles. The molecule has 1 aromatic heterocycles. The summed E-state index contributed by atoms with van der Waals surface area (Å²) >= 11 is 0. The molecule has 2 heterocycles. The molecule has 7 nitrogen and oxygen atoms in total. The second-order valence-corrected chi connectivity index (χ2v) is 6.96. The Bertz CT molecular complexity index is 486. The Morgan fingerprint density at radius 3 is 2.96 bits per heavy atom. The predicted octanol–water partition coefficient (Wildman–Crippen LogP) is 1.91. The smallest absolute Gasteiger partial charge is 0.191 e. The van der Waals surface area contributed by atoms with Crippen LogP contribution in [0.2, 0.25) is 0 Å².